The van der Waals surface area contributed by atoms with Gasteiger partial charge in [-0.3, -0.25) is 4.79 Å². The Hall–Kier alpha value is -3.14. The van der Waals surface area contributed by atoms with Crippen LogP contribution in [0.4, 0.5) is 0 Å². The Morgan fingerprint density at radius 3 is 2.34 bits per heavy atom. The third-order valence-corrected chi connectivity index (χ3v) is 6.14. The fourth-order valence-corrected chi connectivity index (χ4v) is 4.42. The average molecular weight is 431 g/mol. The molecule has 4 nitrogen and oxygen atoms in total. The van der Waals surface area contributed by atoms with Crippen LogP contribution in [0.15, 0.2) is 62.2 Å². The second kappa shape index (κ2) is 9.99. The van der Waals surface area contributed by atoms with E-state index >= 15 is 0 Å². The zero-order valence-corrected chi connectivity index (χ0v) is 18.9. The molecular formula is C28H30O4. The van der Waals surface area contributed by atoms with Gasteiger partial charge >= 0.3 is 5.63 Å². The van der Waals surface area contributed by atoms with Crippen molar-refractivity contribution in [2.45, 2.75) is 65.2 Å². The van der Waals surface area contributed by atoms with Crippen LogP contribution in [-0.4, -0.2) is 5.78 Å². The van der Waals surface area contributed by atoms with E-state index in [0.29, 0.717) is 28.9 Å². The Kier molecular flexibility index (Phi) is 6.89. The molecule has 0 radical (unpaired) electrons. The van der Waals surface area contributed by atoms with Crippen LogP contribution in [0.1, 0.15) is 79.1 Å². The zero-order valence-electron chi connectivity index (χ0n) is 18.9. The van der Waals surface area contributed by atoms with Crippen molar-refractivity contribution < 1.29 is 13.6 Å². The predicted molar refractivity (Wildman–Crippen MR) is 129 cm³/mol. The quantitative estimate of drug-likeness (QED) is 0.150. The Bertz CT molecular complexity index is 1280. The number of furan rings is 1. The maximum Gasteiger partial charge on any atom is 0.336 e. The summed E-state index contributed by atoms with van der Waals surface area (Å²) in [6, 6.07) is 14.5. The number of carbonyl (C=O) groups is 1. The highest BCUT2D eigenvalue weighted by atomic mass is 16.4. The van der Waals surface area contributed by atoms with E-state index in [1.165, 1.54) is 38.2 Å². The van der Waals surface area contributed by atoms with Crippen LogP contribution < -0.4 is 5.63 Å². The van der Waals surface area contributed by atoms with E-state index in [1.54, 1.807) is 12.1 Å². The number of benzene rings is 2. The molecule has 0 unspecified atom stereocenters. The van der Waals surface area contributed by atoms with Crippen molar-refractivity contribution in [1.29, 1.82) is 0 Å². The molecule has 0 bridgehead atoms. The Morgan fingerprint density at radius 2 is 1.59 bits per heavy atom. The third-order valence-electron chi connectivity index (χ3n) is 6.14. The van der Waals surface area contributed by atoms with E-state index < -0.39 is 0 Å². The molecule has 4 rings (SSSR count). The highest BCUT2D eigenvalue weighted by Crippen LogP contribution is 2.35. The summed E-state index contributed by atoms with van der Waals surface area (Å²) < 4.78 is 11.7. The van der Waals surface area contributed by atoms with Crippen molar-refractivity contribution in [2.75, 3.05) is 0 Å². The van der Waals surface area contributed by atoms with E-state index in [9.17, 15) is 9.59 Å². The molecule has 0 spiro atoms. The van der Waals surface area contributed by atoms with Crippen LogP contribution in [0.5, 0.6) is 0 Å². The third kappa shape index (κ3) is 4.55. The fraction of sp³-hybridized carbons (Fsp3) is 0.357. The summed E-state index contributed by atoms with van der Waals surface area (Å²) in [7, 11) is 0. The summed E-state index contributed by atoms with van der Waals surface area (Å²) in [6.45, 7) is 4.12. The minimum atomic E-state index is -0.387. The molecular weight excluding hydrogens is 400 g/mol. The Labute approximate surface area is 188 Å². The normalized spacial score (nSPS) is 11.4. The minimum Gasteiger partial charge on any atom is -0.452 e. The number of ketones is 1. The number of hydrogen-bond acceptors (Lipinski definition) is 4. The summed E-state index contributed by atoms with van der Waals surface area (Å²) in [6.07, 6.45) is 9.00. The van der Waals surface area contributed by atoms with Gasteiger partial charge in [0.15, 0.2) is 5.76 Å². The molecule has 32 heavy (non-hydrogen) atoms. The fourth-order valence-electron chi connectivity index (χ4n) is 4.42. The maximum absolute atomic E-state index is 13.3. The molecule has 2 heterocycles. The molecule has 2 aromatic carbocycles. The lowest BCUT2D eigenvalue weighted by Crippen LogP contribution is -2.04. The van der Waals surface area contributed by atoms with Gasteiger partial charge in [0, 0.05) is 22.6 Å². The highest BCUT2D eigenvalue weighted by Gasteiger charge is 2.24. The lowest BCUT2D eigenvalue weighted by molar-refractivity contribution is 0.101. The predicted octanol–water partition coefficient (Wildman–Crippen LogP) is 7.37. The van der Waals surface area contributed by atoms with Crippen molar-refractivity contribution in [3.8, 4) is 0 Å². The zero-order chi connectivity index (χ0) is 22.5. The van der Waals surface area contributed by atoms with Gasteiger partial charge in [0.1, 0.15) is 11.2 Å². The molecule has 4 aromatic rings. The van der Waals surface area contributed by atoms with Crippen LogP contribution in [0.2, 0.25) is 0 Å². The lowest BCUT2D eigenvalue weighted by Gasteiger charge is -2.06. The Morgan fingerprint density at radius 1 is 0.875 bits per heavy atom. The molecule has 166 valence electrons. The van der Waals surface area contributed by atoms with E-state index in [2.05, 4.69) is 6.92 Å². The van der Waals surface area contributed by atoms with Gasteiger partial charge in [0.25, 0.3) is 0 Å². The molecule has 0 amide bonds. The molecule has 0 atom stereocenters. The average Bonchev–Trinajstić information content (AvgIpc) is 3.17. The van der Waals surface area contributed by atoms with Gasteiger partial charge in [0.05, 0.1) is 5.39 Å². The number of rotatable bonds is 10. The molecule has 4 heteroatoms. The summed E-state index contributed by atoms with van der Waals surface area (Å²) in [5.74, 6) is 0.219. The van der Waals surface area contributed by atoms with Crippen LogP contribution in [0, 0.1) is 6.92 Å². The maximum atomic E-state index is 13.3. The first-order valence-corrected chi connectivity index (χ1v) is 11.7. The number of hydrogen-bond donors (Lipinski definition) is 0. The van der Waals surface area contributed by atoms with Gasteiger partial charge in [-0.2, -0.15) is 0 Å². The second-order valence-electron chi connectivity index (χ2n) is 8.54. The van der Waals surface area contributed by atoms with E-state index in [0.717, 1.165) is 34.7 Å². The van der Waals surface area contributed by atoms with Gasteiger partial charge < -0.3 is 8.83 Å². The number of unbranched alkanes of at least 4 members (excludes halogenated alkanes) is 6. The number of carbonyl (C=O) groups excluding carboxylic acids is 1. The number of fused-ring (bicyclic) bond motifs is 3. The SMILES string of the molecule is CCCCCCCCCc1c(C(=O)c2ccccc2)oc2ccc3c(C)cc(=O)oc3c12. The summed E-state index contributed by atoms with van der Waals surface area (Å²) >= 11 is 0. The molecule has 0 N–H and O–H groups in total. The van der Waals surface area contributed by atoms with E-state index in [1.807, 2.05) is 37.3 Å². The van der Waals surface area contributed by atoms with Crippen molar-refractivity contribution in [2.24, 2.45) is 0 Å². The van der Waals surface area contributed by atoms with Gasteiger partial charge in [-0.15, -0.1) is 0 Å². The van der Waals surface area contributed by atoms with Crippen molar-refractivity contribution in [3.05, 3.63) is 81.4 Å². The van der Waals surface area contributed by atoms with E-state index in [4.69, 9.17) is 8.83 Å². The second-order valence-corrected chi connectivity index (χ2v) is 8.54. The van der Waals surface area contributed by atoms with Gasteiger partial charge in [0.2, 0.25) is 5.78 Å². The molecule has 0 fully saturated rings. The first kappa shape index (κ1) is 22.1. The summed E-state index contributed by atoms with van der Waals surface area (Å²) in [5, 5.41) is 1.63. The summed E-state index contributed by atoms with van der Waals surface area (Å²) in [5.41, 5.74) is 3.01. The topological polar surface area (TPSA) is 60.4 Å². The molecule has 0 aliphatic carbocycles. The molecule has 2 aromatic heterocycles. The molecule has 0 saturated heterocycles. The largest absolute Gasteiger partial charge is 0.452 e. The van der Waals surface area contributed by atoms with Crippen molar-refractivity contribution in [1.82, 2.24) is 0 Å². The molecule has 0 saturated carbocycles. The summed E-state index contributed by atoms with van der Waals surface area (Å²) in [4.78, 5) is 25.5. The van der Waals surface area contributed by atoms with E-state index in [-0.39, 0.29) is 11.4 Å². The van der Waals surface area contributed by atoms with Crippen molar-refractivity contribution in [3.63, 3.8) is 0 Å². The number of aryl methyl sites for hydroxylation is 2. The first-order valence-electron chi connectivity index (χ1n) is 11.7. The minimum absolute atomic E-state index is 0.136. The standard InChI is InChI=1S/C28H30O4/c1-3-4-5-6-7-8-12-15-22-25-23(17-16-21-19(2)18-24(29)32-27(21)25)31-28(22)26(30)20-13-10-9-11-14-20/h9-11,13-14,16-18H,3-8,12,15H2,1-2H3. The van der Waals surface area contributed by atoms with Crippen LogP contribution in [0.3, 0.4) is 0 Å². The molecule has 0 aliphatic rings. The molecule has 0 aliphatic heterocycles. The van der Waals surface area contributed by atoms with Crippen LogP contribution in [-0.2, 0) is 6.42 Å². The highest BCUT2D eigenvalue weighted by molar-refractivity contribution is 6.14. The smallest absolute Gasteiger partial charge is 0.336 e. The van der Waals surface area contributed by atoms with Crippen LogP contribution in [0.25, 0.3) is 21.9 Å². The lowest BCUT2D eigenvalue weighted by atomic mass is 9.97. The first-order chi connectivity index (χ1) is 15.6. The van der Waals surface area contributed by atoms with Gasteiger partial charge in [-0.25, -0.2) is 4.79 Å². The van der Waals surface area contributed by atoms with Crippen LogP contribution >= 0.6 is 0 Å². The van der Waals surface area contributed by atoms with Crippen molar-refractivity contribution >= 4 is 27.7 Å². The monoisotopic (exact) mass is 430 g/mol. The van der Waals surface area contributed by atoms with Gasteiger partial charge in [-0.05, 0) is 37.5 Å². The Balaban J connectivity index is 1.75. The van der Waals surface area contributed by atoms with Gasteiger partial charge in [-0.1, -0.05) is 75.8 Å².